The minimum atomic E-state index is -1.10. The minimum Gasteiger partial charge on any atom is -0.481 e. The fraction of sp³-hybridized carbons (Fsp3) is 0.615. The summed E-state index contributed by atoms with van der Waals surface area (Å²) in [4.78, 5) is 27.1. The number of ether oxygens (including phenoxy) is 1. The number of aliphatic carboxylic acids is 1. The maximum atomic E-state index is 11.9. The molecule has 0 fully saturated rings. The summed E-state index contributed by atoms with van der Waals surface area (Å²) in [7, 11) is 0. The average Bonchev–Trinajstić information content (AvgIpc) is 2.26. The summed E-state index contributed by atoms with van der Waals surface area (Å²) in [6.45, 7) is 7.20. The second kappa shape index (κ2) is 4.92. The van der Waals surface area contributed by atoms with E-state index in [1.54, 1.807) is 27.7 Å². The number of carbonyl (C=O) groups excluding carboxylic acids is 1. The van der Waals surface area contributed by atoms with E-state index >= 15 is 0 Å². The maximum absolute atomic E-state index is 11.9. The van der Waals surface area contributed by atoms with Gasteiger partial charge in [-0.3, -0.25) is 9.79 Å². The standard InChI is InChI=1S/C13H19NO4/c1-5-13(11(16)17)6-9(7-14-8-13)10(15)18-12(2,3)4/h6-7H,5,8H2,1-4H3,(H,16,17). The van der Waals surface area contributed by atoms with Crippen molar-refractivity contribution in [1.29, 1.82) is 0 Å². The Hall–Kier alpha value is -1.65. The van der Waals surface area contributed by atoms with Gasteiger partial charge in [-0.2, -0.15) is 0 Å². The Labute approximate surface area is 107 Å². The third kappa shape index (κ3) is 3.18. The van der Waals surface area contributed by atoms with Gasteiger partial charge in [-0.15, -0.1) is 0 Å². The first-order valence-corrected chi connectivity index (χ1v) is 5.89. The number of dihydropyridines is 1. The molecule has 1 aliphatic heterocycles. The summed E-state index contributed by atoms with van der Waals surface area (Å²) in [6.07, 6.45) is 3.22. The monoisotopic (exact) mass is 253 g/mol. The van der Waals surface area contributed by atoms with Crippen LogP contribution in [0.5, 0.6) is 0 Å². The summed E-state index contributed by atoms with van der Waals surface area (Å²) in [5.41, 5.74) is -1.50. The summed E-state index contributed by atoms with van der Waals surface area (Å²) >= 11 is 0. The molecule has 1 N–H and O–H groups in total. The molecule has 0 aromatic carbocycles. The molecule has 0 spiro atoms. The van der Waals surface area contributed by atoms with Crippen molar-refractivity contribution >= 4 is 18.2 Å². The van der Waals surface area contributed by atoms with Crippen molar-refractivity contribution in [3.05, 3.63) is 11.6 Å². The van der Waals surface area contributed by atoms with Gasteiger partial charge in [-0.25, -0.2) is 4.79 Å². The predicted octanol–water partition coefficient (Wildman–Crippen LogP) is 1.82. The van der Waals surface area contributed by atoms with Crippen LogP contribution >= 0.6 is 0 Å². The summed E-state index contributed by atoms with van der Waals surface area (Å²) in [5.74, 6) is -1.51. The largest absolute Gasteiger partial charge is 0.481 e. The van der Waals surface area contributed by atoms with Gasteiger partial charge in [0.05, 0.1) is 12.1 Å². The number of carbonyl (C=O) groups is 2. The smallest absolute Gasteiger partial charge is 0.339 e. The molecule has 0 amide bonds. The third-order valence-corrected chi connectivity index (χ3v) is 2.73. The number of rotatable bonds is 3. The fourth-order valence-corrected chi connectivity index (χ4v) is 1.63. The Bertz CT molecular complexity index is 417. The van der Waals surface area contributed by atoms with E-state index in [9.17, 15) is 14.7 Å². The molecule has 0 bridgehead atoms. The van der Waals surface area contributed by atoms with Gasteiger partial charge in [0, 0.05) is 6.21 Å². The number of nitrogens with zero attached hydrogens (tertiary/aromatic N) is 1. The lowest BCUT2D eigenvalue weighted by Crippen LogP contribution is -2.35. The summed E-state index contributed by atoms with van der Waals surface area (Å²) in [6, 6.07) is 0. The number of carboxylic acids is 1. The van der Waals surface area contributed by atoms with Gasteiger partial charge in [0.2, 0.25) is 0 Å². The van der Waals surface area contributed by atoms with Crippen molar-refractivity contribution in [3.8, 4) is 0 Å². The van der Waals surface area contributed by atoms with E-state index in [1.807, 2.05) is 0 Å². The Balaban J connectivity index is 2.99. The van der Waals surface area contributed by atoms with Crippen LogP contribution in [0.2, 0.25) is 0 Å². The molecule has 1 atom stereocenters. The molecule has 0 aromatic rings. The van der Waals surface area contributed by atoms with Crippen molar-refractivity contribution in [2.45, 2.75) is 39.7 Å². The van der Waals surface area contributed by atoms with Gasteiger partial charge in [-0.1, -0.05) is 6.92 Å². The van der Waals surface area contributed by atoms with Crippen molar-refractivity contribution in [3.63, 3.8) is 0 Å². The second-order valence-corrected chi connectivity index (χ2v) is 5.39. The number of aliphatic imine (C=N–C) groups is 1. The quantitative estimate of drug-likeness (QED) is 0.778. The molecule has 0 aromatic heterocycles. The highest BCUT2D eigenvalue weighted by atomic mass is 16.6. The van der Waals surface area contributed by atoms with Crippen LogP contribution in [0.1, 0.15) is 34.1 Å². The molecular formula is C13H19NO4. The van der Waals surface area contributed by atoms with Crippen molar-refractivity contribution < 1.29 is 19.4 Å². The number of esters is 1. The first-order valence-electron chi connectivity index (χ1n) is 5.89. The zero-order chi connectivity index (χ0) is 14.0. The molecule has 5 heteroatoms. The molecule has 0 radical (unpaired) electrons. The Morgan fingerprint density at radius 3 is 2.56 bits per heavy atom. The Morgan fingerprint density at radius 2 is 2.11 bits per heavy atom. The third-order valence-electron chi connectivity index (χ3n) is 2.73. The normalized spacial score (nSPS) is 23.4. The van der Waals surface area contributed by atoms with E-state index in [0.29, 0.717) is 6.42 Å². The molecule has 18 heavy (non-hydrogen) atoms. The first kappa shape index (κ1) is 14.4. The van der Waals surface area contributed by atoms with Crippen LogP contribution in [-0.2, 0) is 14.3 Å². The van der Waals surface area contributed by atoms with E-state index in [2.05, 4.69) is 4.99 Å². The zero-order valence-electron chi connectivity index (χ0n) is 11.2. The van der Waals surface area contributed by atoms with Crippen LogP contribution in [0.3, 0.4) is 0 Å². The average molecular weight is 253 g/mol. The molecule has 1 aliphatic rings. The molecule has 1 rings (SSSR count). The van der Waals surface area contributed by atoms with Gasteiger partial charge in [-0.05, 0) is 33.3 Å². The lowest BCUT2D eigenvalue weighted by molar-refractivity contribution is -0.149. The molecule has 0 aliphatic carbocycles. The van der Waals surface area contributed by atoms with Gasteiger partial charge in [0.15, 0.2) is 0 Å². The van der Waals surface area contributed by atoms with Gasteiger partial charge in [0.25, 0.3) is 0 Å². The lowest BCUT2D eigenvalue weighted by Gasteiger charge is -2.27. The predicted molar refractivity (Wildman–Crippen MR) is 67.6 cm³/mol. The van der Waals surface area contributed by atoms with Crippen LogP contribution in [0.15, 0.2) is 16.6 Å². The number of hydrogen-bond donors (Lipinski definition) is 1. The lowest BCUT2D eigenvalue weighted by atomic mass is 9.82. The summed E-state index contributed by atoms with van der Waals surface area (Å²) in [5, 5.41) is 9.25. The van der Waals surface area contributed by atoms with E-state index in [4.69, 9.17) is 4.74 Å². The highest BCUT2D eigenvalue weighted by Gasteiger charge is 2.37. The first-order chi connectivity index (χ1) is 8.20. The van der Waals surface area contributed by atoms with Crippen molar-refractivity contribution in [2.24, 2.45) is 10.4 Å². The Kier molecular flexibility index (Phi) is 3.94. The SMILES string of the molecule is CCC1(C(=O)O)C=C(C(=O)OC(C)(C)C)C=NC1. The molecule has 1 heterocycles. The molecular weight excluding hydrogens is 234 g/mol. The molecule has 0 saturated heterocycles. The highest BCUT2D eigenvalue weighted by Crippen LogP contribution is 2.29. The highest BCUT2D eigenvalue weighted by molar-refractivity contribution is 6.11. The van der Waals surface area contributed by atoms with Gasteiger partial charge >= 0.3 is 11.9 Å². The second-order valence-electron chi connectivity index (χ2n) is 5.39. The number of hydrogen-bond acceptors (Lipinski definition) is 4. The topological polar surface area (TPSA) is 76.0 Å². The van der Waals surface area contributed by atoms with Crippen LogP contribution in [0.4, 0.5) is 0 Å². The van der Waals surface area contributed by atoms with Crippen LogP contribution in [0, 0.1) is 5.41 Å². The summed E-state index contributed by atoms with van der Waals surface area (Å²) < 4.78 is 5.20. The fourth-order valence-electron chi connectivity index (χ4n) is 1.63. The van der Waals surface area contributed by atoms with E-state index < -0.39 is 23.0 Å². The zero-order valence-corrected chi connectivity index (χ0v) is 11.2. The molecule has 0 saturated carbocycles. The maximum Gasteiger partial charge on any atom is 0.339 e. The minimum absolute atomic E-state index is 0.158. The number of carboxylic acid groups (broad SMARTS) is 1. The van der Waals surface area contributed by atoms with Crippen LogP contribution in [0.25, 0.3) is 0 Å². The van der Waals surface area contributed by atoms with Crippen molar-refractivity contribution in [2.75, 3.05) is 6.54 Å². The van der Waals surface area contributed by atoms with Crippen LogP contribution < -0.4 is 0 Å². The van der Waals surface area contributed by atoms with E-state index in [0.717, 1.165) is 0 Å². The van der Waals surface area contributed by atoms with Crippen LogP contribution in [-0.4, -0.2) is 35.4 Å². The Morgan fingerprint density at radius 1 is 1.50 bits per heavy atom. The van der Waals surface area contributed by atoms with Crippen molar-refractivity contribution in [1.82, 2.24) is 0 Å². The molecule has 5 nitrogen and oxygen atoms in total. The van der Waals surface area contributed by atoms with Gasteiger partial charge in [0.1, 0.15) is 11.0 Å². The van der Waals surface area contributed by atoms with E-state index in [-0.39, 0.29) is 12.1 Å². The van der Waals surface area contributed by atoms with E-state index in [1.165, 1.54) is 12.3 Å². The van der Waals surface area contributed by atoms with Gasteiger partial charge < -0.3 is 9.84 Å². The molecule has 1 unspecified atom stereocenters. The molecule has 100 valence electrons.